The molecule has 1 amide bonds. The molecule has 1 atom stereocenters. The third-order valence-electron chi connectivity index (χ3n) is 4.57. The Balaban J connectivity index is 1.73. The molecular formula is C18H23F2N3O2S2. The number of ether oxygens (including phenoxy) is 1. The molecule has 148 valence electrons. The first-order valence-electron chi connectivity index (χ1n) is 9.06. The molecule has 0 bridgehead atoms. The van der Waals surface area contributed by atoms with Gasteiger partial charge in [-0.2, -0.15) is 11.8 Å². The number of hydrogen-bond donors (Lipinski definition) is 1. The fourth-order valence-corrected chi connectivity index (χ4v) is 4.14. The van der Waals surface area contributed by atoms with Gasteiger partial charge < -0.3 is 15.0 Å². The largest absolute Gasteiger partial charge is 0.442 e. The van der Waals surface area contributed by atoms with E-state index in [-0.39, 0.29) is 17.9 Å². The standard InChI is InChI=1S/C18H23F2N3O2S2/c1-2-16(26)21-10-13-11-23(18(24)25-13)12-8-14(19)17(15(20)9-12)22-4-3-6-27-7-5-22/h8-9,13H,2-7,10-11H2,1H3,(H,21,26). The zero-order valence-electron chi connectivity index (χ0n) is 15.2. The van der Waals surface area contributed by atoms with Gasteiger partial charge in [0.2, 0.25) is 0 Å². The highest BCUT2D eigenvalue weighted by Gasteiger charge is 2.33. The van der Waals surface area contributed by atoms with Crippen LogP contribution in [-0.4, -0.2) is 54.9 Å². The fourth-order valence-electron chi connectivity index (χ4n) is 3.17. The second kappa shape index (κ2) is 9.05. The topological polar surface area (TPSA) is 44.8 Å². The quantitative estimate of drug-likeness (QED) is 0.742. The van der Waals surface area contributed by atoms with Crippen LogP contribution in [0.25, 0.3) is 0 Å². The summed E-state index contributed by atoms with van der Waals surface area (Å²) in [6, 6.07) is 2.42. The number of anilines is 2. The van der Waals surface area contributed by atoms with Gasteiger partial charge in [-0.05, 0) is 18.6 Å². The highest BCUT2D eigenvalue weighted by atomic mass is 32.2. The molecular weight excluding hydrogens is 392 g/mol. The number of benzene rings is 1. The Labute approximate surface area is 167 Å². The maximum atomic E-state index is 14.7. The van der Waals surface area contributed by atoms with Gasteiger partial charge in [0, 0.05) is 31.0 Å². The van der Waals surface area contributed by atoms with Crippen molar-refractivity contribution in [1.82, 2.24) is 5.32 Å². The SMILES string of the molecule is CCC(=S)NCC1CN(c2cc(F)c(N3CCCSCC3)c(F)c2)C(=O)O1. The van der Waals surface area contributed by atoms with Crippen LogP contribution in [0.15, 0.2) is 12.1 Å². The summed E-state index contributed by atoms with van der Waals surface area (Å²) < 4.78 is 34.7. The van der Waals surface area contributed by atoms with Crippen molar-refractivity contribution in [2.45, 2.75) is 25.9 Å². The summed E-state index contributed by atoms with van der Waals surface area (Å²) in [5, 5.41) is 3.02. The number of carbonyl (C=O) groups is 1. The molecule has 1 N–H and O–H groups in total. The molecule has 1 aromatic rings. The number of thiocarbonyl (C=S) groups is 1. The highest BCUT2D eigenvalue weighted by Crippen LogP contribution is 2.32. The van der Waals surface area contributed by atoms with E-state index in [9.17, 15) is 13.6 Å². The number of cyclic esters (lactones) is 1. The summed E-state index contributed by atoms with van der Waals surface area (Å²) in [6.07, 6.45) is 0.558. The van der Waals surface area contributed by atoms with Gasteiger partial charge >= 0.3 is 6.09 Å². The van der Waals surface area contributed by atoms with Gasteiger partial charge in [0.25, 0.3) is 0 Å². The average molecular weight is 416 g/mol. The third-order valence-corrected chi connectivity index (χ3v) is 6.06. The van der Waals surface area contributed by atoms with Crippen LogP contribution in [0, 0.1) is 11.6 Å². The summed E-state index contributed by atoms with van der Waals surface area (Å²) in [5.74, 6) is 0.527. The molecule has 2 aliphatic rings. The minimum atomic E-state index is -0.654. The van der Waals surface area contributed by atoms with Gasteiger partial charge in [0.15, 0.2) is 11.6 Å². The van der Waals surface area contributed by atoms with E-state index in [4.69, 9.17) is 17.0 Å². The summed E-state index contributed by atoms with van der Waals surface area (Å²) in [7, 11) is 0. The zero-order valence-corrected chi connectivity index (χ0v) is 16.8. The predicted octanol–water partition coefficient (Wildman–Crippen LogP) is 3.56. The monoisotopic (exact) mass is 415 g/mol. The van der Waals surface area contributed by atoms with Crippen LogP contribution < -0.4 is 15.1 Å². The number of halogens is 2. The molecule has 0 saturated carbocycles. The number of thioether (sulfide) groups is 1. The first-order chi connectivity index (χ1) is 13.0. The summed E-state index contributed by atoms with van der Waals surface area (Å²) in [4.78, 5) is 15.8. The van der Waals surface area contributed by atoms with E-state index in [1.165, 1.54) is 17.0 Å². The van der Waals surface area contributed by atoms with Crippen molar-refractivity contribution in [3.8, 4) is 0 Å². The van der Waals surface area contributed by atoms with Crippen LogP contribution in [0.1, 0.15) is 19.8 Å². The van der Waals surface area contributed by atoms with E-state index in [0.29, 0.717) is 31.0 Å². The van der Waals surface area contributed by atoms with E-state index < -0.39 is 23.8 Å². The molecule has 2 saturated heterocycles. The molecule has 0 aliphatic carbocycles. The lowest BCUT2D eigenvalue weighted by atomic mass is 10.2. The van der Waals surface area contributed by atoms with Crippen molar-refractivity contribution in [1.29, 1.82) is 0 Å². The number of rotatable bonds is 5. The van der Waals surface area contributed by atoms with Crippen molar-refractivity contribution in [3.05, 3.63) is 23.8 Å². The van der Waals surface area contributed by atoms with Crippen molar-refractivity contribution >= 4 is 46.4 Å². The van der Waals surface area contributed by atoms with Crippen molar-refractivity contribution in [3.63, 3.8) is 0 Å². The van der Waals surface area contributed by atoms with Gasteiger partial charge in [0.05, 0.1) is 23.8 Å². The third kappa shape index (κ3) is 4.82. The lowest BCUT2D eigenvalue weighted by Crippen LogP contribution is -2.33. The van der Waals surface area contributed by atoms with Crippen LogP contribution >= 0.6 is 24.0 Å². The zero-order chi connectivity index (χ0) is 19.4. The smallest absolute Gasteiger partial charge is 0.414 e. The Morgan fingerprint density at radius 1 is 1.33 bits per heavy atom. The molecule has 5 nitrogen and oxygen atoms in total. The lowest BCUT2D eigenvalue weighted by Gasteiger charge is -2.24. The Hall–Kier alpha value is -1.61. The highest BCUT2D eigenvalue weighted by molar-refractivity contribution is 7.99. The molecule has 2 heterocycles. The van der Waals surface area contributed by atoms with Gasteiger partial charge in [-0.3, -0.25) is 4.90 Å². The van der Waals surface area contributed by atoms with Gasteiger partial charge in [-0.15, -0.1) is 0 Å². The molecule has 9 heteroatoms. The summed E-state index contributed by atoms with van der Waals surface area (Å²) in [6.45, 7) is 3.75. The Kier molecular flexibility index (Phi) is 6.75. The maximum Gasteiger partial charge on any atom is 0.414 e. The van der Waals surface area contributed by atoms with E-state index in [0.717, 1.165) is 17.9 Å². The summed E-state index contributed by atoms with van der Waals surface area (Å²) in [5.41, 5.74) is 0.156. The van der Waals surface area contributed by atoms with Crippen molar-refractivity contribution in [2.24, 2.45) is 0 Å². The molecule has 2 aliphatic heterocycles. The number of amides is 1. The minimum Gasteiger partial charge on any atom is -0.442 e. The first kappa shape index (κ1) is 20.1. The van der Waals surface area contributed by atoms with Gasteiger partial charge in [-0.25, -0.2) is 13.6 Å². The number of nitrogens with one attached hydrogen (secondary N) is 1. The van der Waals surface area contributed by atoms with Crippen LogP contribution in [0.3, 0.4) is 0 Å². The normalized spacial score (nSPS) is 20.4. The molecule has 27 heavy (non-hydrogen) atoms. The van der Waals surface area contributed by atoms with E-state index >= 15 is 0 Å². The van der Waals surface area contributed by atoms with E-state index in [1.54, 1.807) is 16.7 Å². The van der Waals surface area contributed by atoms with Gasteiger partial charge in [0.1, 0.15) is 11.8 Å². The van der Waals surface area contributed by atoms with Gasteiger partial charge in [-0.1, -0.05) is 19.1 Å². The molecule has 3 rings (SSSR count). The molecule has 1 aromatic carbocycles. The number of hydrogen-bond acceptors (Lipinski definition) is 5. The number of nitrogens with zero attached hydrogens (tertiary/aromatic N) is 2. The summed E-state index contributed by atoms with van der Waals surface area (Å²) >= 11 is 6.88. The molecule has 2 fully saturated rings. The molecule has 0 radical (unpaired) electrons. The lowest BCUT2D eigenvalue weighted by molar-refractivity contribution is 0.143. The average Bonchev–Trinajstić information content (AvgIpc) is 2.82. The second-order valence-electron chi connectivity index (χ2n) is 6.48. The predicted molar refractivity (Wildman–Crippen MR) is 109 cm³/mol. The fraction of sp³-hybridized carbons (Fsp3) is 0.556. The Morgan fingerprint density at radius 2 is 2.07 bits per heavy atom. The minimum absolute atomic E-state index is 0.0136. The maximum absolute atomic E-state index is 14.7. The van der Waals surface area contributed by atoms with Crippen LogP contribution in [0.5, 0.6) is 0 Å². The molecule has 0 spiro atoms. The number of carbonyl (C=O) groups excluding carboxylic acids is 1. The second-order valence-corrected chi connectivity index (χ2v) is 8.20. The van der Waals surface area contributed by atoms with Crippen LogP contribution in [0.2, 0.25) is 0 Å². The Bertz CT molecular complexity index is 689. The van der Waals surface area contributed by atoms with Crippen molar-refractivity contribution < 1.29 is 18.3 Å². The first-order valence-corrected chi connectivity index (χ1v) is 10.6. The Morgan fingerprint density at radius 3 is 2.78 bits per heavy atom. The van der Waals surface area contributed by atoms with E-state index in [2.05, 4.69) is 5.32 Å². The van der Waals surface area contributed by atoms with E-state index in [1.807, 2.05) is 6.92 Å². The molecule has 0 aromatic heterocycles. The molecule has 1 unspecified atom stereocenters. The van der Waals surface area contributed by atoms with Crippen LogP contribution in [0.4, 0.5) is 25.0 Å². The van der Waals surface area contributed by atoms with Crippen molar-refractivity contribution in [2.75, 3.05) is 47.5 Å². The van der Waals surface area contributed by atoms with Crippen LogP contribution in [-0.2, 0) is 4.74 Å².